The molecular weight excluding hydrogens is 226 g/mol. The van der Waals surface area contributed by atoms with E-state index in [0.29, 0.717) is 11.5 Å². The predicted octanol–water partition coefficient (Wildman–Crippen LogP) is 2.49. The Morgan fingerprint density at radius 3 is 2.89 bits per heavy atom. The average Bonchev–Trinajstić information content (AvgIpc) is 2.45. The zero-order chi connectivity index (χ0) is 12.8. The van der Waals surface area contributed by atoms with E-state index in [1.807, 2.05) is 18.2 Å². The molecule has 96 valence electrons. The molecule has 0 radical (unpaired) electrons. The SMILES string of the molecule is COC(=O)c1cccc(/C=C/C2CCNCC2)c1. The van der Waals surface area contributed by atoms with Crippen molar-refractivity contribution < 1.29 is 9.53 Å². The van der Waals surface area contributed by atoms with Crippen molar-refractivity contribution in [2.24, 2.45) is 5.92 Å². The first kappa shape index (κ1) is 12.8. The Labute approximate surface area is 108 Å². The molecule has 0 amide bonds. The van der Waals surface area contributed by atoms with Crippen LogP contribution in [0.3, 0.4) is 0 Å². The van der Waals surface area contributed by atoms with Crippen LogP contribution < -0.4 is 5.32 Å². The fourth-order valence-corrected chi connectivity index (χ4v) is 2.17. The maximum atomic E-state index is 11.4. The van der Waals surface area contributed by atoms with Gasteiger partial charge in [-0.3, -0.25) is 0 Å². The van der Waals surface area contributed by atoms with Crippen LogP contribution in [-0.4, -0.2) is 26.2 Å². The molecule has 1 aromatic rings. The third-order valence-electron chi connectivity index (χ3n) is 3.25. The minimum atomic E-state index is -0.285. The molecule has 0 atom stereocenters. The molecule has 0 aromatic heterocycles. The molecule has 0 bridgehead atoms. The van der Waals surface area contributed by atoms with Crippen molar-refractivity contribution in [1.82, 2.24) is 5.32 Å². The van der Waals surface area contributed by atoms with Crippen molar-refractivity contribution in [2.45, 2.75) is 12.8 Å². The van der Waals surface area contributed by atoms with E-state index in [1.165, 1.54) is 20.0 Å². The second-order valence-electron chi connectivity index (χ2n) is 4.56. The summed E-state index contributed by atoms with van der Waals surface area (Å²) in [5.41, 5.74) is 1.65. The number of piperidine rings is 1. The summed E-state index contributed by atoms with van der Waals surface area (Å²) in [5, 5.41) is 3.35. The lowest BCUT2D eigenvalue weighted by Gasteiger charge is -2.19. The van der Waals surface area contributed by atoms with E-state index in [1.54, 1.807) is 6.07 Å². The van der Waals surface area contributed by atoms with Gasteiger partial charge in [-0.2, -0.15) is 0 Å². The first-order valence-corrected chi connectivity index (χ1v) is 6.37. The minimum Gasteiger partial charge on any atom is -0.465 e. The molecule has 2 rings (SSSR count). The molecule has 3 heteroatoms. The summed E-state index contributed by atoms with van der Waals surface area (Å²) in [6.45, 7) is 2.19. The molecule has 18 heavy (non-hydrogen) atoms. The van der Waals surface area contributed by atoms with E-state index in [2.05, 4.69) is 17.5 Å². The summed E-state index contributed by atoms with van der Waals surface area (Å²) >= 11 is 0. The zero-order valence-electron chi connectivity index (χ0n) is 10.7. The molecule has 1 aliphatic rings. The molecular formula is C15H19NO2. The van der Waals surface area contributed by atoms with E-state index in [-0.39, 0.29) is 5.97 Å². The smallest absolute Gasteiger partial charge is 0.337 e. The lowest BCUT2D eigenvalue weighted by molar-refractivity contribution is 0.0600. The van der Waals surface area contributed by atoms with Gasteiger partial charge in [-0.1, -0.05) is 24.3 Å². The molecule has 0 spiro atoms. The monoisotopic (exact) mass is 245 g/mol. The number of ether oxygens (including phenoxy) is 1. The largest absolute Gasteiger partial charge is 0.465 e. The Bertz CT molecular complexity index is 434. The number of carbonyl (C=O) groups is 1. The first-order valence-electron chi connectivity index (χ1n) is 6.37. The normalized spacial score (nSPS) is 16.9. The molecule has 1 saturated heterocycles. The fourth-order valence-electron chi connectivity index (χ4n) is 2.17. The van der Waals surface area contributed by atoms with Gasteiger partial charge in [0.05, 0.1) is 12.7 Å². The lowest BCUT2D eigenvalue weighted by Crippen LogP contribution is -2.26. The molecule has 0 saturated carbocycles. The van der Waals surface area contributed by atoms with Gasteiger partial charge in [0.2, 0.25) is 0 Å². The summed E-state index contributed by atoms with van der Waals surface area (Å²) in [5.74, 6) is 0.361. The van der Waals surface area contributed by atoms with Gasteiger partial charge < -0.3 is 10.1 Å². The van der Waals surface area contributed by atoms with Gasteiger partial charge in [0.15, 0.2) is 0 Å². The highest BCUT2D eigenvalue weighted by atomic mass is 16.5. The molecule has 0 aliphatic carbocycles. The maximum Gasteiger partial charge on any atom is 0.337 e. The van der Waals surface area contributed by atoms with E-state index < -0.39 is 0 Å². The van der Waals surface area contributed by atoms with Gasteiger partial charge in [-0.25, -0.2) is 4.79 Å². The molecule has 3 nitrogen and oxygen atoms in total. The number of benzene rings is 1. The summed E-state index contributed by atoms with van der Waals surface area (Å²) in [7, 11) is 1.40. The van der Waals surface area contributed by atoms with Crippen LogP contribution in [0.15, 0.2) is 30.3 Å². The van der Waals surface area contributed by atoms with Crippen molar-refractivity contribution in [3.8, 4) is 0 Å². The number of esters is 1. The van der Waals surface area contributed by atoms with Crippen LogP contribution in [0.1, 0.15) is 28.8 Å². The summed E-state index contributed by atoms with van der Waals surface area (Å²) in [6.07, 6.45) is 6.72. The van der Waals surface area contributed by atoms with Crippen molar-refractivity contribution in [2.75, 3.05) is 20.2 Å². The van der Waals surface area contributed by atoms with Crippen LogP contribution in [0.5, 0.6) is 0 Å². The Hall–Kier alpha value is -1.61. The number of methoxy groups -OCH3 is 1. The number of carbonyl (C=O) groups excluding carboxylic acids is 1. The van der Waals surface area contributed by atoms with Crippen LogP contribution in [0, 0.1) is 5.92 Å². The molecule has 1 fully saturated rings. The van der Waals surface area contributed by atoms with E-state index in [9.17, 15) is 4.79 Å². The maximum absolute atomic E-state index is 11.4. The van der Waals surface area contributed by atoms with Crippen molar-refractivity contribution in [1.29, 1.82) is 0 Å². The van der Waals surface area contributed by atoms with Crippen molar-refractivity contribution >= 4 is 12.0 Å². The highest BCUT2D eigenvalue weighted by Gasteiger charge is 2.09. The number of hydrogen-bond acceptors (Lipinski definition) is 3. The molecule has 1 aliphatic heterocycles. The van der Waals surface area contributed by atoms with Crippen LogP contribution in [0.2, 0.25) is 0 Å². The van der Waals surface area contributed by atoms with E-state index >= 15 is 0 Å². The van der Waals surface area contributed by atoms with E-state index in [0.717, 1.165) is 18.7 Å². The Morgan fingerprint density at radius 1 is 1.39 bits per heavy atom. The summed E-state index contributed by atoms with van der Waals surface area (Å²) < 4.78 is 4.71. The molecule has 1 heterocycles. The molecule has 1 aromatic carbocycles. The topological polar surface area (TPSA) is 38.3 Å². The van der Waals surface area contributed by atoms with Crippen molar-refractivity contribution in [3.05, 3.63) is 41.5 Å². The predicted molar refractivity (Wildman–Crippen MR) is 72.4 cm³/mol. The van der Waals surface area contributed by atoms with Gasteiger partial charge >= 0.3 is 5.97 Å². The standard InChI is InChI=1S/C15H19NO2/c1-18-15(17)14-4-2-3-13(11-14)6-5-12-7-9-16-10-8-12/h2-6,11-12,16H,7-10H2,1H3/b6-5+. The Kier molecular flexibility index (Phi) is 4.53. The van der Waals surface area contributed by atoms with Gasteiger partial charge in [-0.15, -0.1) is 0 Å². The lowest BCUT2D eigenvalue weighted by atomic mass is 9.97. The van der Waals surface area contributed by atoms with Gasteiger partial charge in [-0.05, 0) is 49.5 Å². The van der Waals surface area contributed by atoms with E-state index in [4.69, 9.17) is 4.74 Å². The van der Waals surface area contributed by atoms with Gasteiger partial charge in [0.1, 0.15) is 0 Å². The molecule has 1 N–H and O–H groups in total. The highest BCUT2D eigenvalue weighted by molar-refractivity contribution is 5.89. The Balaban J connectivity index is 2.04. The first-order chi connectivity index (χ1) is 8.79. The zero-order valence-corrected chi connectivity index (χ0v) is 10.7. The van der Waals surface area contributed by atoms with Crippen LogP contribution in [-0.2, 0) is 4.74 Å². The highest BCUT2D eigenvalue weighted by Crippen LogP contribution is 2.16. The quantitative estimate of drug-likeness (QED) is 0.831. The number of hydrogen-bond donors (Lipinski definition) is 1. The third kappa shape index (κ3) is 3.44. The number of rotatable bonds is 3. The second-order valence-corrected chi connectivity index (χ2v) is 4.56. The van der Waals surface area contributed by atoms with Crippen molar-refractivity contribution in [3.63, 3.8) is 0 Å². The summed E-state index contributed by atoms with van der Waals surface area (Å²) in [4.78, 5) is 11.4. The average molecular weight is 245 g/mol. The fraction of sp³-hybridized carbons (Fsp3) is 0.400. The van der Waals surface area contributed by atoms with Gasteiger partial charge in [0.25, 0.3) is 0 Å². The van der Waals surface area contributed by atoms with Crippen LogP contribution in [0.25, 0.3) is 6.08 Å². The summed E-state index contributed by atoms with van der Waals surface area (Å²) in [6, 6.07) is 7.52. The number of nitrogens with one attached hydrogen (secondary N) is 1. The minimum absolute atomic E-state index is 0.285. The molecule has 0 unspecified atom stereocenters. The third-order valence-corrected chi connectivity index (χ3v) is 3.25. The second kappa shape index (κ2) is 6.36. The number of allylic oxidation sites excluding steroid dienone is 1. The Morgan fingerprint density at radius 2 is 2.17 bits per heavy atom. The van der Waals surface area contributed by atoms with Crippen LogP contribution in [0.4, 0.5) is 0 Å². The van der Waals surface area contributed by atoms with Gasteiger partial charge in [0, 0.05) is 0 Å². The van der Waals surface area contributed by atoms with Crippen LogP contribution >= 0.6 is 0 Å².